The van der Waals surface area contributed by atoms with Gasteiger partial charge in [0.25, 0.3) is 0 Å². The first-order valence-corrected chi connectivity index (χ1v) is 8.59. The molecule has 2 aromatic rings. The molecule has 0 aliphatic rings. The molecular weight excluding hydrogens is 331 g/mol. The van der Waals surface area contributed by atoms with Gasteiger partial charge in [0.2, 0.25) is 0 Å². The minimum absolute atomic E-state index is 0.0926. The molecule has 0 fully saturated rings. The van der Waals surface area contributed by atoms with Crippen molar-refractivity contribution in [2.45, 2.75) is 34.3 Å². The maximum atomic E-state index is 13.9. The van der Waals surface area contributed by atoms with Crippen LogP contribution in [-0.2, 0) is 11.3 Å². The Morgan fingerprint density at radius 2 is 1.92 bits per heavy atom. The lowest BCUT2D eigenvalue weighted by molar-refractivity contribution is 0.0468. The third-order valence-corrected chi connectivity index (χ3v) is 4.22. The van der Waals surface area contributed by atoms with Crippen molar-refractivity contribution in [3.63, 3.8) is 0 Å². The van der Waals surface area contributed by atoms with E-state index in [1.807, 2.05) is 45.7 Å². The Hall–Kier alpha value is -2.69. The minimum Gasteiger partial charge on any atom is -0.457 e. The molecule has 2 aromatic carbocycles. The lowest BCUT2D eigenvalue weighted by Gasteiger charge is -2.12. The molecule has 0 aliphatic heterocycles. The van der Waals surface area contributed by atoms with E-state index < -0.39 is 5.97 Å². The second-order valence-corrected chi connectivity index (χ2v) is 6.44. The Kier molecular flexibility index (Phi) is 6.50. The zero-order valence-corrected chi connectivity index (χ0v) is 16.0. The molecule has 0 aromatic heterocycles. The normalized spacial score (nSPS) is 11.0. The summed E-state index contributed by atoms with van der Waals surface area (Å²) >= 11 is 0. The van der Waals surface area contributed by atoms with Gasteiger partial charge >= 0.3 is 5.97 Å². The summed E-state index contributed by atoms with van der Waals surface area (Å²) < 4.78 is 19.2. The molecule has 0 N–H and O–H groups in total. The van der Waals surface area contributed by atoms with Crippen LogP contribution in [0.15, 0.2) is 35.3 Å². The molecule has 0 unspecified atom stereocenters. The smallest absolute Gasteiger partial charge is 0.338 e. The average Bonchev–Trinajstić information content (AvgIpc) is 2.60. The van der Waals surface area contributed by atoms with Gasteiger partial charge in [-0.2, -0.15) is 0 Å². The lowest BCUT2D eigenvalue weighted by Crippen LogP contribution is -2.14. The Balaban J connectivity index is 2.13. The summed E-state index contributed by atoms with van der Waals surface area (Å²) in [6.45, 7) is 8.36. The van der Waals surface area contributed by atoms with Gasteiger partial charge in [-0.05, 0) is 62.6 Å². The SMILES string of the molecule is CCN(C)/C=N/c1cc(C)c(C(=O)OCc2ccc(C)cc2F)cc1C. The van der Waals surface area contributed by atoms with Gasteiger partial charge < -0.3 is 9.64 Å². The van der Waals surface area contributed by atoms with Crippen LogP contribution < -0.4 is 0 Å². The van der Waals surface area contributed by atoms with E-state index in [1.165, 1.54) is 6.07 Å². The summed E-state index contributed by atoms with van der Waals surface area (Å²) in [4.78, 5) is 18.8. The van der Waals surface area contributed by atoms with Crippen molar-refractivity contribution < 1.29 is 13.9 Å². The number of aryl methyl sites for hydroxylation is 3. The van der Waals surface area contributed by atoms with E-state index in [0.29, 0.717) is 11.1 Å². The fourth-order valence-electron chi connectivity index (χ4n) is 2.39. The number of benzene rings is 2. The molecular formula is C21H25FN2O2. The van der Waals surface area contributed by atoms with E-state index in [0.717, 1.165) is 28.9 Å². The summed E-state index contributed by atoms with van der Waals surface area (Å²) in [5.41, 5.74) is 4.12. The minimum atomic E-state index is -0.466. The van der Waals surface area contributed by atoms with Crippen molar-refractivity contribution in [2.75, 3.05) is 13.6 Å². The van der Waals surface area contributed by atoms with E-state index in [2.05, 4.69) is 4.99 Å². The highest BCUT2D eigenvalue weighted by Crippen LogP contribution is 2.24. The molecule has 0 spiro atoms. The molecule has 138 valence electrons. The molecule has 0 bridgehead atoms. The standard InChI is InChI=1S/C21H25FN2O2/c1-6-24(5)13-23-20-11-15(3)18(10-16(20)4)21(25)26-12-17-8-7-14(2)9-19(17)22/h7-11,13H,6,12H2,1-5H3/b23-13+. The van der Waals surface area contributed by atoms with E-state index in [1.54, 1.807) is 24.5 Å². The van der Waals surface area contributed by atoms with Gasteiger partial charge in [0.15, 0.2) is 0 Å². The number of aliphatic imine (C=N–C) groups is 1. The Morgan fingerprint density at radius 3 is 2.58 bits per heavy atom. The molecule has 5 heteroatoms. The van der Waals surface area contributed by atoms with Crippen LogP contribution in [0.2, 0.25) is 0 Å². The monoisotopic (exact) mass is 356 g/mol. The highest BCUT2D eigenvalue weighted by molar-refractivity contribution is 5.92. The number of hydrogen-bond acceptors (Lipinski definition) is 3. The van der Waals surface area contributed by atoms with Crippen LogP contribution in [0.5, 0.6) is 0 Å². The number of rotatable bonds is 6. The molecule has 0 saturated carbocycles. The van der Waals surface area contributed by atoms with Crippen LogP contribution in [0.3, 0.4) is 0 Å². The molecule has 2 rings (SSSR count). The van der Waals surface area contributed by atoms with Crippen LogP contribution in [0.1, 0.15) is 39.5 Å². The van der Waals surface area contributed by atoms with Crippen LogP contribution in [0.25, 0.3) is 0 Å². The van der Waals surface area contributed by atoms with Crippen molar-refractivity contribution in [3.8, 4) is 0 Å². The molecule has 4 nitrogen and oxygen atoms in total. The number of esters is 1. The van der Waals surface area contributed by atoms with Gasteiger partial charge in [0.1, 0.15) is 12.4 Å². The fraction of sp³-hybridized carbons (Fsp3) is 0.333. The van der Waals surface area contributed by atoms with Crippen LogP contribution in [0.4, 0.5) is 10.1 Å². The maximum absolute atomic E-state index is 13.9. The highest BCUT2D eigenvalue weighted by atomic mass is 19.1. The Morgan fingerprint density at radius 1 is 1.19 bits per heavy atom. The van der Waals surface area contributed by atoms with Gasteiger partial charge in [0, 0.05) is 19.2 Å². The number of carbonyl (C=O) groups is 1. The first-order valence-electron chi connectivity index (χ1n) is 8.59. The van der Waals surface area contributed by atoms with Gasteiger partial charge in [-0.1, -0.05) is 12.1 Å². The van der Waals surface area contributed by atoms with Crippen molar-refractivity contribution in [2.24, 2.45) is 4.99 Å². The van der Waals surface area contributed by atoms with Crippen LogP contribution >= 0.6 is 0 Å². The summed E-state index contributed by atoms with van der Waals surface area (Å²) in [5, 5.41) is 0. The number of nitrogens with zero attached hydrogens (tertiary/aromatic N) is 2. The Labute approximate surface area is 154 Å². The van der Waals surface area contributed by atoms with Gasteiger partial charge in [0.05, 0.1) is 17.6 Å². The highest BCUT2D eigenvalue weighted by Gasteiger charge is 2.14. The average molecular weight is 356 g/mol. The zero-order chi connectivity index (χ0) is 19.3. The topological polar surface area (TPSA) is 41.9 Å². The van der Waals surface area contributed by atoms with E-state index in [-0.39, 0.29) is 12.4 Å². The molecule has 0 atom stereocenters. The predicted molar refractivity (Wildman–Crippen MR) is 103 cm³/mol. The first kappa shape index (κ1) is 19.6. The number of carbonyl (C=O) groups excluding carboxylic acids is 1. The second-order valence-electron chi connectivity index (χ2n) is 6.44. The van der Waals surface area contributed by atoms with Crippen molar-refractivity contribution in [1.82, 2.24) is 4.90 Å². The lowest BCUT2D eigenvalue weighted by atomic mass is 10.0. The molecule has 0 radical (unpaired) electrons. The van der Waals surface area contributed by atoms with Crippen LogP contribution in [0, 0.1) is 26.6 Å². The second kappa shape index (κ2) is 8.61. The van der Waals surface area contributed by atoms with Crippen molar-refractivity contribution >= 4 is 18.0 Å². The molecule has 0 aliphatic carbocycles. The predicted octanol–water partition coefficient (Wildman–Crippen LogP) is 4.72. The molecule has 0 saturated heterocycles. The maximum Gasteiger partial charge on any atom is 0.338 e. The molecule has 0 amide bonds. The van der Waals surface area contributed by atoms with Gasteiger partial charge in [-0.3, -0.25) is 0 Å². The third kappa shape index (κ3) is 4.91. The third-order valence-electron chi connectivity index (χ3n) is 4.22. The first-order chi connectivity index (χ1) is 12.3. The van der Waals surface area contributed by atoms with Crippen molar-refractivity contribution in [3.05, 3.63) is 64.0 Å². The summed E-state index contributed by atoms with van der Waals surface area (Å²) in [6, 6.07) is 8.48. The number of ether oxygens (including phenoxy) is 1. The molecule has 0 heterocycles. The molecule has 26 heavy (non-hydrogen) atoms. The van der Waals surface area contributed by atoms with Crippen molar-refractivity contribution in [1.29, 1.82) is 0 Å². The van der Waals surface area contributed by atoms with Gasteiger partial charge in [-0.15, -0.1) is 0 Å². The fourth-order valence-corrected chi connectivity index (χ4v) is 2.39. The largest absolute Gasteiger partial charge is 0.457 e. The van der Waals surface area contributed by atoms with E-state index in [4.69, 9.17) is 4.74 Å². The van der Waals surface area contributed by atoms with Gasteiger partial charge in [-0.25, -0.2) is 14.2 Å². The van der Waals surface area contributed by atoms with Crippen LogP contribution in [-0.4, -0.2) is 30.8 Å². The van der Waals surface area contributed by atoms with E-state index >= 15 is 0 Å². The Bertz CT molecular complexity index is 831. The summed E-state index contributed by atoms with van der Waals surface area (Å²) in [7, 11) is 1.95. The zero-order valence-electron chi connectivity index (χ0n) is 16.0. The van der Waals surface area contributed by atoms with E-state index in [9.17, 15) is 9.18 Å². The summed E-state index contributed by atoms with van der Waals surface area (Å²) in [5.74, 6) is -0.831. The quantitative estimate of drug-likeness (QED) is 0.427. The number of halogens is 1. The number of hydrogen-bond donors (Lipinski definition) is 0. The summed E-state index contributed by atoms with van der Waals surface area (Å²) in [6.07, 6.45) is 1.76.